The second-order valence-corrected chi connectivity index (χ2v) is 6.98. The number of anilines is 1. The van der Waals surface area contributed by atoms with Crippen LogP contribution in [-0.2, 0) is 13.0 Å². The number of hydrogen-bond acceptors (Lipinski definition) is 2. The van der Waals surface area contributed by atoms with Crippen LogP contribution in [0, 0.1) is 5.41 Å². The van der Waals surface area contributed by atoms with Gasteiger partial charge in [-0.3, -0.25) is 0 Å². The Morgan fingerprint density at radius 3 is 2.30 bits per heavy atom. The van der Waals surface area contributed by atoms with Crippen molar-refractivity contribution in [3.63, 3.8) is 0 Å². The number of rotatable bonds is 3. The maximum Gasteiger partial charge on any atom is 0.141 e. The van der Waals surface area contributed by atoms with Gasteiger partial charge in [0, 0.05) is 5.02 Å². The summed E-state index contributed by atoms with van der Waals surface area (Å²) in [6, 6.07) is 7.63. The molecular weight excluding hydrogens is 293 g/mol. The minimum Gasteiger partial charge on any atom is -0.383 e. The number of nitrogen functional groups attached to an aromatic ring is 1. The van der Waals surface area contributed by atoms with Gasteiger partial charge in [-0.1, -0.05) is 56.1 Å². The summed E-state index contributed by atoms with van der Waals surface area (Å²) in [5.41, 5.74) is 8.10. The summed E-state index contributed by atoms with van der Waals surface area (Å²) >= 11 is 12.2. The zero-order valence-corrected chi connectivity index (χ0v) is 13.5. The summed E-state index contributed by atoms with van der Waals surface area (Å²) in [5, 5.41) is 5.82. The van der Waals surface area contributed by atoms with Crippen LogP contribution in [-0.4, -0.2) is 9.78 Å². The lowest BCUT2D eigenvalue weighted by atomic mass is 9.91. The average Bonchev–Trinajstić information content (AvgIpc) is 2.59. The highest BCUT2D eigenvalue weighted by molar-refractivity contribution is 6.33. The molecule has 0 bridgehead atoms. The van der Waals surface area contributed by atoms with Crippen LogP contribution in [0.25, 0.3) is 0 Å². The number of benzene rings is 1. The second-order valence-electron chi connectivity index (χ2n) is 6.17. The summed E-state index contributed by atoms with van der Waals surface area (Å²) in [4.78, 5) is 0. The van der Waals surface area contributed by atoms with E-state index >= 15 is 0 Å². The summed E-state index contributed by atoms with van der Waals surface area (Å²) in [6.45, 7) is 7.04. The monoisotopic (exact) mass is 311 g/mol. The Balaban J connectivity index is 2.24. The van der Waals surface area contributed by atoms with E-state index in [2.05, 4.69) is 25.9 Å². The van der Waals surface area contributed by atoms with Gasteiger partial charge in [-0.15, -0.1) is 0 Å². The minimum atomic E-state index is 0.121. The first-order valence-electron chi connectivity index (χ1n) is 6.51. The van der Waals surface area contributed by atoms with Crippen LogP contribution < -0.4 is 5.73 Å². The Morgan fingerprint density at radius 1 is 1.15 bits per heavy atom. The molecule has 0 unspecified atom stereocenters. The molecule has 0 aliphatic heterocycles. The van der Waals surface area contributed by atoms with Gasteiger partial charge < -0.3 is 5.73 Å². The largest absolute Gasteiger partial charge is 0.383 e. The fourth-order valence-electron chi connectivity index (χ4n) is 2.00. The van der Waals surface area contributed by atoms with Crippen molar-refractivity contribution in [2.45, 2.75) is 33.7 Å². The molecule has 2 rings (SSSR count). The van der Waals surface area contributed by atoms with Crippen LogP contribution in [0.15, 0.2) is 24.3 Å². The van der Waals surface area contributed by atoms with Gasteiger partial charge in [0.15, 0.2) is 0 Å². The van der Waals surface area contributed by atoms with E-state index in [0.29, 0.717) is 22.4 Å². The second kappa shape index (κ2) is 5.66. The molecule has 0 spiro atoms. The first kappa shape index (κ1) is 15.2. The van der Waals surface area contributed by atoms with Gasteiger partial charge in [0.05, 0.1) is 12.2 Å². The van der Waals surface area contributed by atoms with E-state index in [-0.39, 0.29) is 5.41 Å². The van der Waals surface area contributed by atoms with E-state index in [1.165, 1.54) is 0 Å². The van der Waals surface area contributed by atoms with E-state index in [1.54, 1.807) is 4.68 Å². The molecule has 1 aromatic carbocycles. The fourth-order valence-corrected chi connectivity index (χ4v) is 2.33. The molecule has 0 saturated carbocycles. The Kier molecular flexibility index (Phi) is 4.31. The lowest BCUT2D eigenvalue weighted by Gasteiger charge is -2.16. The molecule has 5 heteroatoms. The Bertz CT molecular complexity index is 595. The molecule has 1 aromatic heterocycles. The molecule has 1 heterocycles. The molecule has 3 nitrogen and oxygen atoms in total. The third-order valence-electron chi connectivity index (χ3n) is 2.94. The third kappa shape index (κ3) is 3.68. The van der Waals surface area contributed by atoms with Crippen molar-refractivity contribution in [3.8, 4) is 0 Å². The number of nitrogens with zero attached hydrogens (tertiary/aromatic N) is 2. The van der Waals surface area contributed by atoms with Gasteiger partial charge in [-0.25, -0.2) is 4.68 Å². The lowest BCUT2D eigenvalue weighted by molar-refractivity contribution is 0.404. The van der Waals surface area contributed by atoms with Gasteiger partial charge in [-0.2, -0.15) is 5.10 Å². The van der Waals surface area contributed by atoms with Crippen molar-refractivity contribution in [2.75, 3.05) is 5.73 Å². The molecule has 0 amide bonds. The number of hydrogen-bond donors (Lipinski definition) is 1. The number of nitrogens with two attached hydrogens (primary N) is 1. The van der Waals surface area contributed by atoms with Crippen LogP contribution in [0.3, 0.4) is 0 Å². The standard InChI is InChI=1S/C15H19Cl2N3/c1-15(2,3)8-12-13(17)14(18)20(19-12)9-10-4-6-11(16)7-5-10/h4-7H,8-9,18H2,1-3H3. The van der Waals surface area contributed by atoms with E-state index in [0.717, 1.165) is 17.7 Å². The molecule has 0 radical (unpaired) electrons. The Hall–Kier alpha value is -1.19. The average molecular weight is 312 g/mol. The van der Waals surface area contributed by atoms with Crippen molar-refractivity contribution >= 4 is 29.0 Å². The van der Waals surface area contributed by atoms with Crippen molar-refractivity contribution in [1.82, 2.24) is 9.78 Å². The zero-order valence-electron chi connectivity index (χ0n) is 12.0. The van der Waals surface area contributed by atoms with Gasteiger partial charge in [0.1, 0.15) is 10.8 Å². The normalized spacial score (nSPS) is 11.8. The van der Waals surface area contributed by atoms with Crippen LogP contribution in [0.4, 0.5) is 5.82 Å². The highest BCUT2D eigenvalue weighted by atomic mass is 35.5. The smallest absolute Gasteiger partial charge is 0.141 e. The molecule has 2 N–H and O–H groups in total. The van der Waals surface area contributed by atoms with Gasteiger partial charge in [0.25, 0.3) is 0 Å². The van der Waals surface area contributed by atoms with E-state index < -0.39 is 0 Å². The van der Waals surface area contributed by atoms with Gasteiger partial charge in [-0.05, 0) is 29.5 Å². The van der Waals surface area contributed by atoms with Crippen molar-refractivity contribution in [1.29, 1.82) is 0 Å². The van der Waals surface area contributed by atoms with E-state index in [9.17, 15) is 0 Å². The molecule has 0 saturated heterocycles. The highest BCUT2D eigenvalue weighted by Crippen LogP contribution is 2.29. The first-order valence-corrected chi connectivity index (χ1v) is 7.27. The van der Waals surface area contributed by atoms with Crippen LogP contribution in [0.5, 0.6) is 0 Å². The van der Waals surface area contributed by atoms with Crippen LogP contribution >= 0.6 is 23.2 Å². The molecule has 108 valence electrons. The molecule has 0 aliphatic rings. The van der Waals surface area contributed by atoms with Gasteiger partial charge in [0.2, 0.25) is 0 Å². The maximum absolute atomic E-state index is 6.28. The lowest BCUT2D eigenvalue weighted by Crippen LogP contribution is -2.11. The molecular formula is C15H19Cl2N3. The van der Waals surface area contributed by atoms with Crippen LogP contribution in [0.2, 0.25) is 10.0 Å². The van der Waals surface area contributed by atoms with E-state index in [4.69, 9.17) is 28.9 Å². The summed E-state index contributed by atoms with van der Waals surface area (Å²) in [5.74, 6) is 0.515. The molecule has 0 aliphatic carbocycles. The first-order chi connectivity index (χ1) is 9.26. The summed E-state index contributed by atoms with van der Waals surface area (Å²) in [7, 11) is 0. The Labute approximate surface area is 129 Å². The molecule has 2 aromatic rings. The fraction of sp³-hybridized carbons (Fsp3) is 0.400. The molecule has 0 fully saturated rings. The predicted octanol–water partition coefficient (Wildman–Crippen LogP) is 4.41. The summed E-state index contributed by atoms with van der Waals surface area (Å²) in [6.07, 6.45) is 0.795. The minimum absolute atomic E-state index is 0.121. The quantitative estimate of drug-likeness (QED) is 0.912. The number of halogens is 2. The highest BCUT2D eigenvalue weighted by Gasteiger charge is 2.20. The molecule has 0 atom stereocenters. The van der Waals surface area contributed by atoms with E-state index in [1.807, 2.05) is 24.3 Å². The molecule has 20 heavy (non-hydrogen) atoms. The van der Waals surface area contributed by atoms with Crippen molar-refractivity contribution in [3.05, 3.63) is 45.6 Å². The SMILES string of the molecule is CC(C)(C)Cc1nn(Cc2ccc(Cl)cc2)c(N)c1Cl. The van der Waals surface area contributed by atoms with Gasteiger partial charge >= 0.3 is 0 Å². The zero-order chi connectivity index (χ0) is 14.9. The number of aromatic nitrogens is 2. The van der Waals surface area contributed by atoms with Crippen molar-refractivity contribution < 1.29 is 0 Å². The summed E-state index contributed by atoms with van der Waals surface area (Å²) < 4.78 is 1.74. The predicted molar refractivity (Wildman–Crippen MR) is 85.4 cm³/mol. The third-order valence-corrected chi connectivity index (χ3v) is 3.60. The maximum atomic E-state index is 6.28. The topological polar surface area (TPSA) is 43.8 Å². The van der Waals surface area contributed by atoms with Crippen molar-refractivity contribution in [2.24, 2.45) is 5.41 Å². The van der Waals surface area contributed by atoms with Crippen LogP contribution in [0.1, 0.15) is 32.0 Å². The Morgan fingerprint density at radius 2 is 1.75 bits per heavy atom.